The minimum absolute atomic E-state index is 0.111. The van der Waals surface area contributed by atoms with Crippen LogP contribution in [0.2, 0.25) is 0 Å². The molecule has 2 aliphatic heterocycles. The standard InChI is InChI=1S/C20H21NO3S/c22-17-8-7-15-19(23)18(12-14-6-5-11-25-14)24-20(15)16(17)13-21-9-3-1-2-4-10-21/h5-8,11-12,22H,1-4,9-10,13H2. The van der Waals surface area contributed by atoms with Crippen LogP contribution in [0.1, 0.15) is 46.5 Å². The van der Waals surface area contributed by atoms with Crippen molar-refractivity contribution in [3.05, 3.63) is 51.4 Å². The minimum Gasteiger partial charge on any atom is -0.507 e. The van der Waals surface area contributed by atoms with E-state index in [1.807, 2.05) is 17.5 Å². The summed E-state index contributed by atoms with van der Waals surface area (Å²) >= 11 is 1.56. The predicted molar refractivity (Wildman–Crippen MR) is 99.1 cm³/mol. The Bertz CT molecular complexity index is 803. The maximum absolute atomic E-state index is 12.6. The number of hydrogen-bond acceptors (Lipinski definition) is 5. The molecule has 4 nitrogen and oxygen atoms in total. The first-order valence-corrected chi connectivity index (χ1v) is 9.65. The third kappa shape index (κ3) is 3.34. The van der Waals surface area contributed by atoms with Gasteiger partial charge < -0.3 is 9.84 Å². The number of phenols is 1. The molecule has 0 atom stereocenters. The third-order valence-electron chi connectivity index (χ3n) is 4.81. The molecule has 1 saturated heterocycles. The average Bonchev–Trinajstić information content (AvgIpc) is 3.13. The van der Waals surface area contributed by atoms with Gasteiger partial charge in [-0.1, -0.05) is 18.9 Å². The molecule has 0 bridgehead atoms. The van der Waals surface area contributed by atoms with Gasteiger partial charge in [-0.3, -0.25) is 9.69 Å². The van der Waals surface area contributed by atoms with Gasteiger partial charge in [-0.2, -0.15) is 0 Å². The van der Waals surface area contributed by atoms with E-state index >= 15 is 0 Å². The first-order chi connectivity index (χ1) is 12.2. The fourth-order valence-corrected chi connectivity index (χ4v) is 4.12. The van der Waals surface area contributed by atoms with Gasteiger partial charge in [0.15, 0.2) is 5.76 Å². The minimum atomic E-state index is -0.111. The van der Waals surface area contributed by atoms with Gasteiger partial charge in [-0.25, -0.2) is 0 Å². The van der Waals surface area contributed by atoms with E-state index in [4.69, 9.17) is 4.74 Å². The summed E-state index contributed by atoms with van der Waals surface area (Å²) in [5.74, 6) is 0.950. The highest BCUT2D eigenvalue weighted by Gasteiger charge is 2.31. The molecular weight excluding hydrogens is 334 g/mol. The number of thiophene rings is 1. The second-order valence-electron chi connectivity index (χ2n) is 6.59. The third-order valence-corrected chi connectivity index (χ3v) is 5.63. The van der Waals surface area contributed by atoms with E-state index < -0.39 is 0 Å². The van der Waals surface area contributed by atoms with Crippen molar-refractivity contribution in [2.24, 2.45) is 0 Å². The monoisotopic (exact) mass is 355 g/mol. The van der Waals surface area contributed by atoms with E-state index in [0.717, 1.165) is 23.5 Å². The first kappa shape index (κ1) is 16.4. The van der Waals surface area contributed by atoms with Gasteiger partial charge in [0.2, 0.25) is 5.78 Å². The van der Waals surface area contributed by atoms with Crippen LogP contribution in [0.15, 0.2) is 35.4 Å². The Morgan fingerprint density at radius 1 is 1.16 bits per heavy atom. The lowest BCUT2D eigenvalue weighted by molar-refractivity contribution is 0.101. The number of aromatic hydroxyl groups is 1. The summed E-state index contributed by atoms with van der Waals surface area (Å²) in [7, 11) is 0. The van der Waals surface area contributed by atoms with Crippen LogP contribution in [0.3, 0.4) is 0 Å². The molecule has 25 heavy (non-hydrogen) atoms. The SMILES string of the molecule is O=C1C(=Cc2cccs2)Oc2c1ccc(O)c2CN1CCCCCC1. The normalized spacial score (nSPS) is 19.7. The lowest BCUT2D eigenvalue weighted by atomic mass is 10.0. The highest BCUT2D eigenvalue weighted by Crippen LogP contribution is 2.40. The van der Waals surface area contributed by atoms with Gasteiger partial charge in [0.25, 0.3) is 0 Å². The van der Waals surface area contributed by atoms with Gasteiger partial charge in [0, 0.05) is 17.5 Å². The molecular formula is C20H21NO3S. The fourth-order valence-electron chi connectivity index (χ4n) is 3.47. The van der Waals surface area contributed by atoms with Crippen molar-refractivity contribution in [1.29, 1.82) is 0 Å². The molecule has 0 radical (unpaired) electrons. The number of Topliss-reactive ketones (excluding diaryl/α,β-unsaturated/α-hetero) is 1. The van der Waals surface area contributed by atoms with Gasteiger partial charge in [-0.05, 0) is 49.5 Å². The molecule has 5 heteroatoms. The fraction of sp³-hybridized carbons (Fsp3) is 0.350. The largest absolute Gasteiger partial charge is 0.507 e. The number of ketones is 1. The number of carbonyl (C=O) groups is 1. The zero-order valence-corrected chi connectivity index (χ0v) is 14.8. The van der Waals surface area contributed by atoms with E-state index in [9.17, 15) is 9.90 Å². The number of hydrogen-bond donors (Lipinski definition) is 1. The Hall–Kier alpha value is -2.11. The van der Waals surface area contributed by atoms with E-state index in [2.05, 4.69) is 4.90 Å². The highest BCUT2D eigenvalue weighted by molar-refractivity contribution is 7.10. The first-order valence-electron chi connectivity index (χ1n) is 8.77. The van der Waals surface area contributed by atoms with Crippen molar-refractivity contribution in [1.82, 2.24) is 4.90 Å². The van der Waals surface area contributed by atoms with E-state index in [0.29, 0.717) is 23.6 Å². The number of rotatable bonds is 3. The second kappa shape index (κ2) is 7.02. The van der Waals surface area contributed by atoms with Crippen LogP contribution in [-0.2, 0) is 6.54 Å². The molecule has 1 aromatic carbocycles. The molecule has 0 spiro atoms. The molecule has 0 unspecified atom stereocenters. The summed E-state index contributed by atoms with van der Waals surface area (Å²) in [4.78, 5) is 16.0. The Kier molecular flexibility index (Phi) is 4.59. The number of likely N-dealkylation sites (tertiary alicyclic amines) is 1. The molecule has 2 aliphatic rings. The maximum atomic E-state index is 12.6. The van der Waals surface area contributed by atoms with Crippen LogP contribution in [0.5, 0.6) is 11.5 Å². The van der Waals surface area contributed by atoms with E-state index in [1.165, 1.54) is 25.7 Å². The van der Waals surface area contributed by atoms with Crippen molar-refractivity contribution < 1.29 is 14.6 Å². The number of fused-ring (bicyclic) bond motifs is 1. The van der Waals surface area contributed by atoms with Gasteiger partial charge in [0.1, 0.15) is 11.5 Å². The summed E-state index contributed by atoms with van der Waals surface area (Å²) in [6.07, 6.45) is 6.66. The zero-order chi connectivity index (χ0) is 17.2. The molecule has 3 heterocycles. The maximum Gasteiger partial charge on any atom is 0.232 e. The van der Waals surface area contributed by atoms with E-state index in [-0.39, 0.29) is 11.5 Å². The lowest BCUT2D eigenvalue weighted by Gasteiger charge is -2.21. The number of nitrogens with zero attached hydrogens (tertiary/aromatic N) is 1. The number of allylic oxidation sites excluding steroid dienone is 1. The number of phenolic OH excluding ortho intramolecular Hbond substituents is 1. The molecule has 1 aromatic heterocycles. The van der Waals surface area contributed by atoms with Crippen LogP contribution < -0.4 is 4.74 Å². The molecule has 0 saturated carbocycles. The molecule has 4 rings (SSSR count). The van der Waals surface area contributed by atoms with Gasteiger partial charge >= 0.3 is 0 Å². The van der Waals surface area contributed by atoms with Crippen molar-refractivity contribution in [3.8, 4) is 11.5 Å². The van der Waals surface area contributed by atoms with Crippen LogP contribution in [-0.4, -0.2) is 28.9 Å². The smallest absolute Gasteiger partial charge is 0.232 e. The molecule has 130 valence electrons. The number of benzene rings is 1. The van der Waals surface area contributed by atoms with Crippen LogP contribution >= 0.6 is 11.3 Å². The summed E-state index contributed by atoms with van der Waals surface area (Å²) in [6, 6.07) is 7.17. The zero-order valence-electron chi connectivity index (χ0n) is 14.0. The van der Waals surface area contributed by atoms with Crippen molar-refractivity contribution in [2.75, 3.05) is 13.1 Å². The van der Waals surface area contributed by atoms with Crippen molar-refractivity contribution in [2.45, 2.75) is 32.2 Å². The Labute approximate surface area is 151 Å². The lowest BCUT2D eigenvalue weighted by Crippen LogP contribution is -2.24. The quantitative estimate of drug-likeness (QED) is 0.827. The van der Waals surface area contributed by atoms with E-state index in [1.54, 1.807) is 29.5 Å². The summed E-state index contributed by atoms with van der Waals surface area (Å²) in [5, 5.41) is 12.3. The van der Waals surface area contributed by atoms with Gasteiger partial charge in [-0.15, -0.1) is 11.3 Å². The Morgan fingerprint density at radius 2 is 1.96 bits per heavy atom. The Balaban J connectivity index is 1.64. The molecule has 0 aliphatic carbocycles. The summed E-state index contributed by atoms with van der Waals surface area (Å²) < 4.78 is 5.91. The molecule has 2 aromatic rings. The second-order valence-corrected chi connectivity index (χ2v) is 7.56. The van der Waals surface area contributed by atoms with Crippen molar-refractivity contribution >= 4 is 23.2 Å². The summed E-state index contributed by atoms with van der Waals surface area (Å²) in [5.41, 5.74) is 1.27. The topological polar surface area (TPSA) is 49.8 Å². The number of ether oxygens (including phenoxy) is 1. The summed E-state index contributed by atoms with van der Waals surface area (Å²) in [6.45, 7) is 2.67. The Morgan fingerprint density at radius 3 is 2.68 bits per heavy atom. The van der Waals surface area contributed by atoms with Crippen LogP contribution in [0.4, 0.5) is 0 Å². The van der Waals surface area contributed by atoms with Crippen LogP contribution in [0.25, 0.3) is 6.08 Å². The number of carbonyl (C=O) groups excluding carboxylic acids is 1. The van der Waals surface area contributed by atoms with Gasteiger partial charge in [0.05, 0.1) is 11.1 Å². The highest BCUT2D eigenvalue weighted by atomic mass is 32.1. The molecule has 1 fully saturated rings. The predicted octanol–water partition coefficient (Wildman–Crippen LogP) is 4.45. The average molecular weight is 355 g/mol. The molecule has 1 N–H and O–H groups in total. The molecule has 0 amide bonds. The van der Waals surface area contributed by atoms with Crippen molar-refractivity contribution in [3.63, 3.8) is 0 Å². The van der Waals surface area contributed by atoms with Crippen LogP contribution in [0, 0.1) is 0 Å².